The van der Waals surface area contributed by atoms with E-state index in [9.17, 15) is 4.79 Å². The molecule has 0 aliphatic rings. The molecule has 1 aromatic heterocycles. The van der Waals surface area contributed by atoms with E-state index in [1.165, 1.54) is 0 Å². The molecule has 3 rings (SSSR count). The van der Waals surface area contributed by atoms with Gasteiger partial charge in [-0.05, 0) is 18.6 Å². The van der Waals surface area contributed by atoms with Gasteiger partial charge in [-0.3, -0.25) is 4.79 Å². The first-order valence-electron chi connectivity index (χ1n) is 7.06. The highest BCUT2D eigenvalue weighted by Crippen LogP contribution is 2.20. The minimum absolute atomic E-state index is 0.131. The maximum atomic E-state index is 12.5. The molecule has 22 heavy (non-hydrogen) atoms. The van der Waals surface area contributed by atoms with E-state index < -0.39 is 0 Å². The number of aromatic nitrogens is 2. The summed E-state index contributed by atoms with van der Waals surface area (Å²) in [5, 5.41) is 0. The summed E-state index contributed by atoms with van der Waals surface area (Å²) in [7, 11) is 0. The maximum Gasteiger partial charge on any atom is 0.228 e. The number of hydrogen-bond donors (Lipinski definition) is 1. The fourth-order valence-electron chi connectivity index (χ4n) is 2.26. The van der Waals surface area contributed by atoms with Gasteiger partial charge >= 0.3 is 0 Å². The molecule has 1 heterocycles. The first kappa shape index (κ1) is 14.1. The Morgan fingerprint density at radius 2 is 1.91 bits per heavy atom. The lowest BCUT2D eigenvalue weighted by Gasteiger charge is -2.11. The normalized spacial score (nSPS) is 10.4. The van der Waals surface area contributed by atoms with Crippen LogP contribution in [0.4, 0.5) is 0 Å². The molecule has 3 aromatic rings. The highest BCUT2D eigenvalue weighted by molar-refractivity contribution is 6.07. The molecule has 0 amide bonds. The molecule has 0 saturated heterocycles. The molecule has 0 aliphatic carbocycles. The summed E-state index contributed by atoms with van der Waals surface area (Å²) >= 11 is 0. The first-order chi connectivity index (χ1) is 10.8. The van der Waals surface area contributed by atoms with E-state index in [0.717, 1.165) is 16.9 Å². The van der Waals surface area contributed by atoms with E-state index in [-0.39, 0.29) is 5.78 Å². The van der Waals surface area contributed by atoms with Gasteiger partial charge in [-0.1, -0.05) is 42.5 Å². The van der Waals surface area contributed by atoms with E-state index >= 15 is 0 Å². The number of hydrogen-bond acceptors (Lipinski definition) is 3. The summed E-state index contributed by atoms with van der Waals surface area (Å²) in [6.45, 7) is 2.34. The Labute approximate surface area is 128 Å². The first-order valence-corrected chi connectivity index (χ1v) is 7.06. The number of ether oxygens (including phenoxy) is 1. The number of nitrogens with zero attached hydrogens (tertiary/aromatic N) is 1. The van der Waals surface area contributed by atoms with Crippen molar-refractivity contribution in [2.24, 2.45) is 0 Å². The smallest absolute Gasteiger partial charge is 0.228 e. The number of aromatic amines is 1. The van der Waals surface area contributed by atoms with E-state index in [1.807, 2.05) is 49.4 Å². The highest BCUT2D eigenvalue weighted by atomic mass is 16.5. The molecular formula is C18H16N2O2. The zero-order valence-corrected chi connectivity index (χ0v) is 12.2. The molecule has 0 fully saturated rings. The Bertz CT molecular complexity index is 779. The number of para-hydroxylation sites is 1. The quantitative estimate of drug-likeness (QED) is 0.732. The van der Waals surface area contributed by atoms with Crippen LogP contribution >= 0.6 is 0 Å². The number of imidazole rings is 1. The summed E-state index contributed by atoms with van der Waals surface area (Å²) in [6, 6.07) is 15.2. The minimum Gasteiger partial charge on any atom is -0.489 e. The van der Waals surface area contributed by atoms with E-state index in [0.29, 0.717) is 18.0 Å². The molecule has 2 aromatic carbocycles. The Hall–Kier alpha value is -2.88. The third-order valence-electron chi connectivity index (χ3n) is 3.45. The van der Waals surface area contributed by atoms with Crippen LogP contribution in [0.1, 0.15) is 27.3 Å². The van der Waals surface area contributed by atoms with Gasteiger partial charge in [-0.2, -0.15) is 0 Å². The Morgan fingerprint density at radius 3 is 2.68 bits per heavy atom. The number of H-pyrrole nitrogens is 1. The largest absolute Gasteiger partial charge is 0.489 e. The van der Waals surface area contributed by atoms with E-state index in [2.05, 4.69) is 9.97 Å². The summed E-state index contributed by atoms with van der Waals surface area (Å²) in [5.74, 6) is 1.03. The van der Waals surface area contributed by atoms with Crippen LogP contribution in [0.15, 0.2) is 60.9 Å². The van der Waals surface area contributed by atoms with Crippen molar-refractivity contribution in [3.05, 3.63) is 83.4 Å². The summed E-state index contributed by atoms with van der Waals surface area (Å²) in [6.07, 6.45) is 3.21. The van der Waals surface area contributed by atoms with Crippen molar-refractivity contribution in [2.75, 3.05) is 0 Å². The van der Waals surface area contributed by atoms with Gasteiger partial charge in [0.2, 0.25) is 5.78 Å². The number of benzene rings is 2. The van der Waals surface area contributed by atoms with Crippen LogP contribution in [0.5, 0.6) is 5.75 Å². The lowest BCUT2D eigenvalue weighted by Crippen LogP contribution is -2.09. The molecule has 0 radical (unpaired) electrons. The Balaban J connectivity index is 1.83. The monoisotopic (exact) mass is 292 g/mol. The van der Waals surface area contributed by atoms with Crippen molar-refractivity contribution >= 4 is 5.78 Å². The zero-order chi connectivity index (χ0) is 15.4. The van der Waals surface area contributed by atoms with Gasteiger partial charge in [-0.25, -0.2) is 4.98 Å². The van der Waals surface area contributed by atoms with Gasteiger partial charge in [0.15, 0.2) is 5.82 Å². The van der Waals surface area contributed by atoms with Crippen LogP contribution in [0, 0.1) is 6.92 Å². The second kappa shape index (κ2) is 6.26. The zero-order valence-electron chi connectivity index (χ0n) is 12.2. The van der Waals surface area contributed by atoms with Crippen LogP contribution in [-0.2, 0) is 6.61 Å². The van der Waals surface area contributed by atoms with Crippen LogP contribution in [0.2, 0.25) is 0 Å². The number of carbonyl (C=O) groups excluding carboxylic acids is 1. The number of ketones is 1. The summed E-state index contributed by atoms with van der Waals surface area (Å²) < 4.78 is 5.85. The van der Waals surface area contributed by atoms with Crippen molar-refractivity contribution in [2.45, 2.75) is 13.5 Å². The summed E-state index contributed by atoms with van der Waals surface area (Å²) in [5.41, 5.74) is 2.51. The second-order valence-corrected chi connectivity index (χ2v) is 4.98. The van der Waals surface area contributed by atoms with Crippen LogP contribution < -0.4 is 4.74 Å². The van der Waals surface area contributed by atoms with E-state index in [4.69, 9.17) is 4.74 Å². The maximum absolute atomic E-state index is 12.5. The van der Waals surface area contributed by atoms with Crippen molar-refractivity contribution in [3.63, 3.8) is 0 Å². The number of carbonyl (C=O) groups is 1. The SMILES string of the molecule is Cc1ccccc1OCc1ccccc1C(=O)c1ncc[nH]1. The number of rotatable bonds is 5. The number of aryl methyl sites for hydroxylation is 1. The molecule has 0 saturated carbocycles. The molecule has 0 atom stereocenters. The molecular weight excluding hydrogens is 276 g/mol. The van der Waals surface area contributed by atoms with Gasteiger partial charge in [0.05, 0.1) is 0 Å². The number of nitrogens with one attached hydrogen (secondary N) is 1. The molecule has 1 N–H and O–H groups in total. The molecule has 110 valence electrons. The van der Waals surface area contributed by atoms with E-state index in [1.54, 1.807) is 18.5 Å². The average molecular weight is 292 g/mol. The molecule has 4 heteroatoms. The van der Waals surface area contributed by atoms with Crippen molar-refractivity contribution in [1.82, 2.24) is 9.97 Å². The Kier molecular flexibility index (Phi) is 4.01. The van der Waals surface area contributed by atoms with Gasteiger partial charge < -0.3 is 9.72 Å². The minimum atomic E-state index is -0.131. The average Bonchev–Trinajstić information content (AvgIpc) is 3.08. The fourth-order valence-corrected chi connectivity index (χ4v) is 2.26. The van der Waals surface area contributed by atoms with Crippen molar-refractivity contribution < 1.29 is 9.53 Å². The predicted molar refractivity (Wildman–Crippen MR) is 84.0 cm³/mol. The van der Waals surface area contributed by atoms with Crippen molar-refractivity contribution in [1.29, 1.82) is 0 Å². The third-order valence-corrected chi connectivity index (χ3v) is 3.45. The molecule has 0 bridgehead atoms. The van der Waals surface area contributed by atoms with Crippen LogP contribution in [0.25, 0.3) is 0 Å². The lowest BCUT2D eigenvalue weighted by molar-refractivity contribution is 0.102. The topological polar surface area (TPSA) is 55.0 Å². The molecule has 0 unspecified atom stereocenters. The van der Waals surface area contributed by atoms with Crippen molar-refractivity contribution in [3.8, 4) is 5.75 Å². The Morgan fingerprint density at radius 1 is 1.14 bits per heavy atom. The standard InChI is InChI=1S/C18H16N2O2/c1-13-6-2-5-9-16(13)22-12-14-7-3-4-8-15(14)17(21)18-19-10-11-20-18/h2-11H,12H2,1H3,(H,19,20). The van der Waals surface area contributed by atoms with Gasteiger partial charge in [0.1, 0.15) is 12.4 Å². The van der Waals surface area contributed by atoms with Gasteiger partial charge in [0, 0.05) is 23.5 Å². The van der Waals surface area contributed by atoms with Crippen LogP contribution in [0.3, 0.4) is 0 Å². The van der Waals surface area contributed by atoms with Gasteiger partial charge in [0.25, 0.3) is 0 Å². The molecule has 0 spiro atoms. The lowest BCUT2D eigenvalue weighted by atomic mass is 10.0. The van der Waals surface area contributed by atoms with Crippen LogP contribution in [-0.4, -0.2) is 15.8 Å². The molecule has 0 aliphatic heterocycles. The highest BCUT2D eigenvalue weighted by Gasteiger charge is 2.15. The van der Waals surface area contributed by atoms with Gasteiger partial charge in [-0.15, -0.1) is 0 Å². The predicted octanol–water partition coefficient (Wildman–Crippen LogP) is 3.53. The summed E-state index contributed by atoms with van der Waals surface area (Å²) in [4.78, 5) is 19.3. The third kappa shape index (κ3) is 2.91. The fraction of sp³-hybridized carbons (Fsp3) is 0.111. The second-order valence-electron chi connectivity index (χ2n) is 4.98. The molecule has 4 nitrogen and oxygen atoms in total.